The molecule has 3 fully saturated rings. The summed E-state index contributed by atoms with van der Waals surface area (Å²) in [4.78, 5) is 31.0. The van der Waals surface area contributed by atoms with E-state index in [0.29, 0.717) is 30.6 Å². The number of hydrogen-bond donors (Lipinski definition) is 4. The Balaban J connectivity index is 1.56. The first-order chi connectivity index (χ1) is 18.5. The number of piperidine rings is 2. The quantitative estimate of drug-likeness (QED) is 0.404. The highest BCUT2D eigenvalue weighted by atomic mass is 16.2. The summed E-state index contributed by atoms with van der Waals surface area (Å²) in [5, 5.41) is 9.94. The number of benzene rings is 1. The molecule has 0 spiro atoms. The fourth-order valence-electron chi connectivity index (χ4n) is 7.02. The molecule has 2 saturated heterocycles. The van der Waals surface area contributed by atoms with Crippen molar-refractivity contribution in [3.63, 3.8) is 0 Å². The maximum absolute atomic E-state index is 13.7. The van der Waals surface area contributed by atoms with Crippen LogP contribution in [0.5, 0.6) is 0 Å². The maximum atomic E-state index is 13.7. The van der Waals surface area contributed by atoms with Crippen molar-refractivity contribution >= 4 is 17.5 Å². The summed E-state index contributed by atoms with van der Waals surface area (Å²) in [5.41, 5.74) is 10.3. The van der Waals surface area contributed by atoms with Crippen LogP contribution in [-0.2, 0) is 4.79 Å². The van der Waals surface area contributed by atoms with Crippen LogP contribution in [0, 0.1) is 18.8 Å². The minimum atomic E-state index is -0.196. The van der Waals surface area contributed by atoms with Gasteiger partial charge >= 0.3 is 0 Å². The van der Waals surface area contributed by atoms with E-state index in [2.05, 4.69) is 72.9 Å². The van der Waals surface area contributed by atoms with Gasteiger partial charge in [0.05, 0.1) is 5.92 Å². The second-order valence-electron chi connectivity index (χ2n) is 13.0. The van der Waals surface area contributed by atoms with Gasteiger partial charge in [-0.05, 0) is 108 Å². The molecule has 8 heteroatoms. The molecule has 0 bridgehead atoms. The molecular weight excluding hydrogens is 488 g/mol. The smallest absolute Gasteiger partial charge is 0.251 e. The predicted octanol–water partition coefficient (Wildman–Crippen LogP) is 2.99. The van der Waals surface area contributed by atoms with Gasteiger partial charge in [0, 0.05) is 62.1 Å². The van der Waals surface area contributed by atoms with Crippen LogP contribution in [-0.4, -0.2) is 81.7 Å². The first-order valence-electron chi connectivity index (χ1n) is 15.1. The van der Waals surface area contributed by atoms with E-state index >= 15 is 0 Å². The first kappa shape index (κ1) is 29.8. The van der Waals surface area contributed by atoms with Gasteiger partial charge in [-0.2, -0.15) is 0 Å². The van der Waals surface area contributed by atoms with Gasteiger partial charge < -0.3 is 31.5 Å². The summed E-state index contributed by atoms with van der Waals surface area (Å²) >= 11 is 0. The van der Waals surface area contributed by atoms with Crippen molar-refractivity contribution in [2.24, 2.45) is 17.6 Å². The standard InChI is InChI=1S/C31H52N6O2/c1-19-13-20(2)35-31(39)28(19)17-34-30(38)27-14-23(22-7-10-25(33-16-22)18-36(4)5)15-29(21(27)3)37(6)26-11-8-24(32)9-12-26/h14-15,19-20,22,24-26,28,33H,7-13,16-18,32H2,1-6H3,(H,34,38)(H,35,39)/t19?,20?,22?,24-,25?,26+,28?. The molecule has 2 aliphatic heterocycles. The molecule has 1 aliphatic carbocycles. The molecule has 2 heterocycles. The molecule has 8 nitrogen and oxygen atoms in total. The summed E-state index contributed by atoms with van der Waals surface area (Å²) in [5.74, 6) is 0.377. The van der Waals surface area contributed by atoms with Crippen molar-refractivity contribution in [2.45, 2.75) is 95.8 Å². The number of nitrogens with zero attached hydrogens (tertiary/aromatic N) is 2. The third-order valence-corrected chi connectivity index (χ3v) is 9.51. The van der Waals surface area contributed by atoms with Crippen LogP contribution in [0.1, 0.15) is 86.2 Å². The zero-order valence-corrected chi connectivity index (χ0v) is 25.1. The largest absolute Gasteiger partial charge is 0.371 e. The molecule has 3 aliphatic rings. The number of rotatable bonds is 8. The Labute approximate surface area is 235 Å². The number of likely N-dealkylation sites (N-methyl/N-ethyl adjacent to an activating group) is 1. The molecule has 0 aromatic heterocycles. The van der Waals surface area contributed by atoms with Crippen molar-refractivity contribution in [3.8, 4) is 0 Å². The molecular formula is C31H52N6O2. The second kappa shape index (κ2) is 13.0. The van der Waals surface area contributed by atoms with Crippen molar-refractivity contribution in [3.05, 3.63) is 28.8 Å². The SMILES string of the molecule is Cc1c(C(=O)NCC2C(=O)NC(C)CC2C)cc(C2CCC(CN(C)C)NC2)cc1N(C)[C@H]1CC[C@@H](N)CC1. The molecule has 5 N–H and O–H groups in total. The molecule has 0 radical (unpaired) electrons. The Bertz CT molecular complexity index is 997. The number of carbonyl (C=O) groups is 2. The number of carbonyl (C=O) groups excluding carboxylic acids is 2. The topological polar surface area (TPSA) is 103 Å². The number of anilines is 1. The third kappa shape index (κ3) is 7.33. The van der Waals surface area contributed by atoms with Crippen LogP contribution < -0.4 is 26.6 Å². The van der Waals surface area contributed by atoms with E-state index in [1.54, 1.807) is 0 Å². The van der Waals surface area contributed by atoms with E-state index in [1.807, 2.05) is 6.92 Å². The average Bonchev–Trinajstić information content (AvgIpc) is 2.88. The van der Waals surface area contributed by atoms with Crippen LogP contribution in [0.15, 0.2) is 12.1 Å². The van der Waals surface area contributed by atoms with Gasteiger partial charge in [0.25, 0.3) is 5.91 Å². The van der Waals surface area contributed by atoms with Gasteiger partial charge in [-0.1, -0.05) is 6.92 Å². The number of amides is 2. The molecule has 1 aromatic carbocycles. The monoisotopic (exact) mass is 540 g/mol. The van der Waals surface area contributed by atoms with Gasteiger partial charge in [0.1, 0.15) is 0 Å². The highest BCUT2D eigenvalue weighted by Gasteiger charge is 2.33. The van der Waals surface area contributed by atoms with Crippen LogP contribution in [0.2, 0.25) is 0 Å². The van der Waals surface area contributed by atoms with E-state index in [-0.39, 0.29) is 29.7 Å². The highest BCUT2D eigenvalue weighted by Crippen LogP contribution is 2.35. The summed E-state index contributed by atoms with van der Waals surface area (Å²) < 4.78 is 0. The normalized spacial score (nSPS) is 31.6. The van der Waals surface area contributed by atoms with Crippen molar-refractivity contribution in [2.75, 3.05) is 45.7 Å². The van der Waals surface area contributed by atoms with E-state index < -0.39 is 0 Å². The molecule has 5 atom stereocenters. The van der Waals surface area contributed by atoms with Crippen LogP contribution in [0.3, 0.4) is 0 Å². The highest BCUT2D eigenvalue weighted by molar-refractivity contribution is 5.97. The molecule has 5 unspecified atom stereocenters. The molecule has 4 rings (SSSR count). The molecule has 2 amide bonds. The van der Waals surface area contributed by atoms with E-state index in [4.69, 9.17) is 5.73 Å². The fourth-order valence-corrected chi connectivity index (χ4v) is 7.02. The molecule has 1 aromatic rings. The molecule has 1 saturated carbocycles. The zero-order chi connectivity index (χ0) is 28.3. The average molecular weight is 541 g/mol. The van der Waals surface area contributed by atoms with E-state index in [9.17, 15) is 9.59 Å². The Kier molecular flexibility index (Phi) is 9.94. The van der Waals surface area contributed by atoms with Gasteiger partial charge in [-0.15, -0.1) is 0 Å². The summed E-state index contributed by atoms with van der Waals surface area (Å²) in [6.07, 6.45) is 7.40. The number of nitrogens with one attached hydrogen (secondary N) is 3. The lowest BCUT2D eigenvalue weighted by atomic mass is 9.84. The van der Waals surface area contributed by atoms with Gasteiger partial charge in [-0.25, -0.2) is 0 Å². The Morgan fingerprint density at radius 2 is 1.79 bits per heavy atom. The lowest BCUT2D eigenvalue weighted by Gasteiger charge is -2.37. The lowest BCUT2D eigenvalue weighted by molar-refractivity contribution is -0.129. The van der Waals surface area contributed by atoms with Crippen LogP contribution in [0.4, 0.5) is 5.69 Å². The minimum Gasteiger partial charge on any atom is -0.371 e. The van der Waals surface area contributed by atoms with Crippen molar-refractivity contribution in [1.29, 1.82) is 0 Å². The Morgan fingerprint density at radius 3 is 2.41 bits per heavy atom. The summed E-state index contributed by atoms with van der Waals surface area (Å²) in [7, 11) is 6.42. The van der Waals surface area contributed by atoms with E-state index in [1.165, 1.54) is 5.56 Å². The maximum Gasteiger partial charge on any atom is 0.251 e. The molecule has 39 heavy (non-hydrogen) atoms. The summed E-state index contributed by atoms with van der Waals surface area (Å²) in [6, 6.07) is 5.87. The third-order valence-electron chi connectivity index (χ3n) is 9.51. The van der Waals surface area contributed by atoms with Crippen LogP contribution in [0.25, 0.3) is 0 Å². The second-order valence-corrected chi connectivity index (χ2v) is 13.0. The Morgan fingerprint density at radius 1 is 1.08 bits per heavy atom. The van der Waals surface area contributed by atoms with Crippen LogP contribution >= 0.6 is 0 Å². The number of nitrogens with two attached hydrogens (primary N) is 1. The van der Waals surface area contributed by atoms with Crippen molar-refractivity contribution < 1.29 is 9.59 Å². The lowest BCUT2D eigenvalue weighted by Crippen LogP contribution is -2.50. The van der Waals surface area contributed by atoms with E-state index in [0.717, 1.165) is 74.8 Å². The van der Waals surface area contributed by atoms with Gasteiger partial charge in [0.15, 0.2) is 0 Å². The molecule has 218 valence electrons. The van der Waals surface area contributed by atoms with Gasteiger partial charge in [0.2, 0.25) is 5.91 Å². The zero-order valence-electron chi connectivity index (χ0n) is 25.1. The first-order valence-corrected chi connectivity index (χ1v) is 15.1. The fraction of sp³-hybridized carbons (Fsp3) is 0.742. The summed E-state index contributed by atoms with van der Waals surface area (Å²) in [6.45, 7) is 8.55. The number of hydrogen-bond acceptors (Lipinski definition) is 6. The van der Waals surface area contributed by atoms with Crippen molar-refractivity contribution in [1.82, 2.24) is 20.9 Å². The Hall–Kier alpha value is -2.16. The minimum absolute atomic E-state index is 0.0449. The van der Waals surface area contributed by atoms with Gasteiger partial charge in [-0.3, -0.25) is 9.59 Å². The predicted molar refractivity (Wildman–Crippen MR) is 159 cm³/mol.